The molecular weight excluding hydrogens is 685 g/mol. The summed E-state index contributed by atoms with van der Waals surface area (Å²) in [5.74, 6) is -2.46. The predicted molar refractivity (Wildman–Crippen MR) is 200 cm³/mol. The van der Waals surface area contributed by atoms with Gasteiger partial charge in [-0.15, -0.1) is 0 Å². The van der Waals surface area contributed by atoms with E-state index in [1.54, 1.807) is 30.9 Å². The third-order valence-electron chi connectivity index (χ3n) is 11.7. The van der Waals surface area contributed by atoms with Gasteiger partial charge >= 0.3 is 0 Å². The Hall–Kier alpha value is -2.83. The van der Waals surface area contributed by atoms with Gasteiger partial charge in [0.15, 0.2) is 0 Å². The van der Waals surface area contributed by atoms with Crippen molar-refractivity contribution in [1.82, 2.24) is 25.8 Å². The summed E-state index contributed by atoms with van der Waals surface area (Å²) in [6.45, 7) is 10.1. The van der Waals surface area contributed by atoms with E-state index in [1.165, 1.54) is 7.11 Å². The van der Waals surface area contributed by atoms with Crippen LogP contribution >= 0.6 is 8.03 Å². The molecule has 292 valence electrons. The summed E-state index contributed by atoms with van der Waals surface area (Å²) in [6.07, 6.45) is 3.02. The first-order valence-corrected chi connectivity index (χ1v) is 20.4. The smallest absolute Gasteiger partial charge is 0.245 e. The zero-order valence-electron chi connectivity index (χ0n) is 32.2. The summed E-state index contributed by atoms with van der Waals surface area (Å²) in [6, 6.07) is 7.77. The molecule has 0 spiro atoms. The molecule has 1 aliphatic carbocycles. The fourth-order valence-electron chi connectivity index (χ4n) is 8.39. The molecule has 1 aromatic carbocycles. The Balaban J connectivity index is 1.45. The minimum absolute atomic E-state index is 0.00996. The van der Waals surface area contributed by atoms with Gasteiger partial charge in [0.05, 0.1) is 42.7 Å². The average Bonchev–Trinajstić information content (AvgIpc) is 3.87. The van der Waals surface area contributed by atoms with E-state index in [-0.39, 0.29) is 48.4 Å². The van der Waals surface area contributed by atoms with Gasteiger partial charge in [-0.3, -0.25) is 23.7 Å². The monoisotopic (exact) mass is 747 g/mol. The number of rotatable bonds is 19. The molecule has 2 bridgehead atoms. The van der Waals surface area contributed by atoms with Crippen molar-refractivity contribution in [3.63, 3.8) is 0 Å². The number of ether oxygens (including phenoxy) is 2. The van der Waals surface area contributed by atoms with E-state index in [0.29, 0.717) is 24.9 Å². The summed E-state index contributed by atoms with van der Waals surface area (Å²) in [5.41, 5.74) is 0.835. The van der Waals surface area contributed by atoms with Crippen LogP contribution in [0.1, 0.15) is 78.7 Å². The van der Waals surface area contributed by atoms with E-state index in [4.69, 9.17) is 9.47 Å². The second-order valence-electron chi connectivity index (χ2n) is 15.5. The van der Waals surface area contributed by atoms with Crippen LogP contribution in [-0.4, -0.2) is 114 Å². The van der Waals surface area contributed by atoms with Crippen molar-refractivity contribution < 1.29 is 38.1 Å². The summed E-state index contributed by atoms with van der Waals surface area (Å²) in [5, 5.41) is 9.17. The molecule has 4 aliphatic rings. The van der Waals surface area contributed by atoms with Gasteiger partial charge in [0.25, 0.3) is 0 Å². The number of nitrogens with zero attached hydrogens (tertiary/aromatic N) is 2. The molecule has 10 atom stereocenters. The van der Waals surface area contributed by atoms with E-state index < -0.39 is 56.0 Å². The Bertz CT molecular complexity index is 1390. The molecular formula is C38H62N5O8P. The summed E-state index contributed by atoms with van der Waals surface area (Å²) in [7, 11) is 1.70. The van der Waals surface area contributed by atoms with Crippen LogP contribution < -0.4 is 16.0 Å². The molecule has 14 heteroatoms. The van der Waals surface area contributed by atoms with Crippen LogP contribution in [0.2, 0.25) is 0 Å². The minimum Gasteiger partial charge on any atom is -0.379 e. The lowest BCUT2D eigenvalue weighted by atomic mass is 9.82. The lowest BCUT2D eigenvalue weighted by molar-refractivity contribution is -0.147. The number of carbonyl (C=O) groups excluding carboxylic acids is 4. The predicted octanol–water partition coefficient (Wildman–Crippen LogP) is 2.95. The highest BCUT2D eigenvalue weighted by molar-refractivity contribution is 7.38. The van der Waals surface area contributed by atoms with Gasteiger partial charge in [-0.2, -0.15) is 0 Å². The lowest BCUT2D eigenvalue weighted by Gasteiger charge is -2.41. The van der Waals surface area contributed by atoms with Gasteiger partial charge in [-0.05, 0) is 49.0 Å². The molecule has 4 fully saturated rings. The van der Waals surface area contributed by atoms with Crippen LogP contribution in [0, 0.1) is 23.7 Å². The first kappa shape index (κ1) is 41.9. The highest BCUT2D eigenvalue weighted by Gasteiger charge is 2.48. The average molecular weight is 748 g/mol. The molecule has 1 unspecified atom stereocenters. The van der Waals surface area contributed by atoms with E-state index >= 15 is 0 Å². The van der Waals surface area contributed by atoms with Crippen molar-refractivity contribution in [2.24, 2.45) is 23.7 Å². The van der Waals surface area contributed by atoms with Gasteiger partial charge in [0.1, 0.15) is 11.8 Å². The lowest BCUT2D eigenvalue weighted by Crippen LogP contribution is -2.59. The number of benzene rings is 1. The van der Waals surface area contributed by atoms with E-state index in [1.807, 2.05) is 58.0 Å². The number of likely N-dealkylation sites (N-methyl/N-ethyl adjacent to an activating group) is 1. The van der Waals surface area contributed by atoms with Crippen LogP contribution in [0.3, 0.4) is 0 Å². The number of likely N-dealkylation sites (tertiary alicyclic amines) is 1. The van der Waals surface area contributed by atoms with Gasteiger partial charge in [0, 0.05) is 40.3 Å². The Morgan fingerprint density at radius 2 is 1.73 bits per heavy atom. The molecule has 3 saturated heterocycles. The Kier molecular flexibility index (Phi) is 15.3. The first-order chi connectivity index (χ1) is 24.7. The molecule has 4 amide bonds. The van der Waals surface area contributed by atoms with Crippen molar-refractivity contribution in [3.05, 3.63) is 35.9 Å². The maximum atomic E-state index is 14.1. The number of nitrogens with one attached hydrogen (secondary N) is 3. The summed E-state index contributed by atoms with van der Waals surface area (Å²) < 4.78 is 24.1. The third kappa shape index (κ3) is 9.82. The molecule has 0 aromatic heterocycles. The quantitative estimate of drug-likeness (QED) is 0.156. The second kappa shape index (κ2) is 19.0. The van der Waals surface area contributed by atoms with Crippen LogP contribution in [0.15, 0.2) is 30.3 Å². The molecule has 3 aliphatic heterocycles. The van der Waals surface area contributed by atoms with Crippen LogP contribution in [0.4, 0.5) is 0 Å². The largest absolute Gasteiger partial charge is 0.379 e. The highest BCUT2D eigenvalue weighted by atomic mass is 31.1. The standard InChI is InChI=1S/C38H62N5O8P/c1-9-23(4)34(42(6)38(47)32(22(2)3)41-37(46)33-26-19-27(20-26)39-33)29(50-7)21-31(44)43-17-13-16-28(43)35(51-8)24(5)36(45)40-30(52(48)49)18-25-14-11-10-12-15-25/h10-12,14-15,22-24,26-30,32-35,39,52H,9,13,16-21H2,1-8H3,(H,40,45)(H,41,46)(H,48,49)/t23-,24+,26?,27?,28-,29+,30+,32-,33-,34-,35+/m0/s1. The molecule has 1 saturated carbocycles. The van der Waals surface area contributed by atoms with Crippen LogP contribution in [0.5, 0.6) is 0 Å². The maximum Gasteiger partial charge on any atom is 0.245 e. The summed E-state index contributed by atoms with van der Waals surface area (Å²) >= 11 is 0. The molecule has 4 N–H and O–H groups in total. The number of fused-ring (bicyclic) bond motifs is 1. The van der Waals surface area contributed by atoms with Crippen LogP contribution in [-0.2, 0) is 39.6 Å². The Labute approximate surface area is 310 Å². The zero-order chi connectivity index (χ0) is 38.3. The number of carbonyl (C=O) groups is 4. The molecule has 5 rings (SSSR count). The Morgan fingerprint density at radius 3 is 2.27 bits per heavy atom. The highest BCUT2D eigenvalue weighted by Crippen LogP contribution is 2.38. The zero-order valence-corrected chi connectivity index (χ0v) is 33.2. The van der Waals surface area contributed by atoms with E-state index in [2.05, 4.69) is 16.0 Å². The van der Waals surface area contributed by atoms with Crippen molar-refractivity contribution >= 4 is 31.7 Å². The molecule has 0 radical (unpaired) electrons. The minimum atomic E-state index is -3.09. The topological polar surface area (TPSA) is 167 Å². The number of amides is 4. The maximum absolute atomic E-state index is 14.1. The second-order valence-corrected chi connectivity index (χ2v) is 16.9. The van der Waals surface area contributed by atoms with Gasteiger partial charge in [-0.25, -0.2) is 0 Å². The molecule has 1 aromatic rings. The number of methoxy groups -OCH3 is 2. The fraction of sp³-hybridized carbons (Fsp3) is 0.737. The molecule has 52 heavy (non-hydrogen) atoms. The first-order valence-electron chi connectivity index (χ1n) is 19.0. The van der Waals surface area contributed by atoms with E-state index in [0.717, 1.165) is 31.2 Å². The van der Waals surface area contributed by atoms with Crippen molar-refractivity contribution in [2.75, 3.05) is 27.8 Å². The molecule has 3 heterocycles. The van der Waals surface area contributed by atoms with Gasteiger partial charge < -0.3 is 40.1 Å². The number of hydrogen-bond donors (Lipinski definition) is 4. The fourth-order valence-corrected chi connectivity index (χ4v) is 9.06. The van der Waals surface area contributed by atoms with Crippen molar-refractivity contribution in [1.29, 1.82) is 0 Å². The third-order valence-corrected chi connectivity index (χ3v) is 12.7. The van der Waals surface area contributed by atoms with Crippen LogP contribution in [0.25, 0.3) is 0 Å². The normalized spacial score (nSPS) is 25.6. The van der Waals surface area contributed by atoms with Crippen molar-refractivity contribution in [2.45, 2.75) is 128 Å². The van der Waals surface area contributed by atoms with Gasteiger partial charge in [-0.1, -0.05) is 71.4 Å². The summed E-state index contributed by atoms with van der Waals surface area (Å²) in [4.78, 5) is 68.5. The number of hydrogen-bond acceptors (Lipinski definition) is 8. The van der Waals surface area contributed by atoms with Crippen molar-refractivity contribution in [3.8, 4) is 0 Å². The molecule has 13 nitrogen and oxygen atoms in total. The van der Waals surface area contributed by atoms with E-state index in [9.17, 15) is 28.6 Å². The Morgan fingerprint density at radius 1 is 1.06 bits per heavy atom. The SMILES string of the molecule is CC[C@H](C)[C@@H]([C@@H](CC(=O)N1CCC[C@H]1[C@H](OC)[C@@H](C)C(=O)N[C@@H](Cc1ccccc1)[PH](=O)O)OC)N(C)C(=O)[C@@H](NC(=O)[C@H]1NC2CC1C2)C(C)C. The van der Waals surface area contributed by atoms with Gasteiger partial charge in [0.2, 0.25) is 31.7 Å².